The highest BCUT2D eigenvalue weighted by Gasteiger charge is 2.28. The highest BCUT2D eigenvalue weighted by atomic mass is 35.5. The Morgan fingerprint density at radius 2 is 2.11 bits per heavy atom. The van der Waals surface area contributed by atoms with Crippen LogP contribution in [0.5, 0.6) is 5.75 Å². The minimum absolute atomic E-state index is 0. The number of carbonyl (C=O) groups is 1. The van der Waals surface area contributed by atoms with E-state index in [4.69, 9.17) is 4.74 Å². The van der Waals surface area contributed by atoms with Gasteiger partial charge in [0.2, 0.25) is 0 Å². The monoisotopic (exact) mass is 284 g/mol. The zero-order valence-electron chi connectivity index (χ0n) is 11.4. The lowest BCUT2D eigenvalue weighted by Crippen LogP contribution is -2.40. The Labute approximate surface area is 120 Å². The Morgan fingerprint density at radius 1 is 1.42 bits per heavy atom. The van der Waals surface area contributed by atoms with Crippen molar-refractivity contribution in [3.63, 3.8) is 0 Å². The second-order valence-corrected chi connectivity index (χ2v) is 4.58. The molecule has 1 N–H and O–H groups in total. The van der Waals surface area contributed by atoms with E-state index < -0.39 is 0 Å². The van der Waals surface area contributed by atoms with Gasteiger partial charge in [0.1, 0.15) is 5.75 Å². The van der Waals surface area contributed by atoms with Gasteiger partial charge in [-0.15, -0.1) is 12.4 Å². The van der Waals surface area contributed by atoms with Crippen LogP contribution in [0, 0.1) is 0 Å². The van der Waals surface area contributed by atoms with Crippen LogP contribution in [0.2, 0.25) is 0 Å². The minimum Gasteiger partial charge on any atom is -0.497 e. The largest absolute Gasteiger partial charge is 0.497 e. The summed E-state index contributed by atoms with van der Waals surface area (Å²) in [6.45, 7) is 1.72. The molecule has 0 bridgehead atoms. The van der Waals surface area contributed by atoms with Gasteiger partial charge in [0.15, 0.2) is 0 Å². The summed E-state index contributed by atoms with van der Waals surface area (Å²) in [6, 6.07) is 7.64. The molecule has 1 amide bonds. The number of amides is 1. The maximum atomic E-state index is 12.4. The fourth-order valence-corrected chi connectivity index (χ4v) is 2.45. The first-order chi connectivity index (χ1) is 8.76. The average Bonchev–Trinajstić information content (AvgIpc) is 2.87. The Hall–Kier alpha value is -1.26. The molecule has 2 rings (SSSR count). The molecule has 5 heteroatoms. The summed E-state index contributed by atoms with van der Waals surface area (Å²) < 4.78 is 5.10. The highest BCUT2D eigenvalue weighted by Crippen LogP contribution is 2.20. The number of carbonyl (C=O) groups excluding carboxylic acids is 1. The number of ether oxygens (including phenoxy) is 1. The summed E-state index contributed by atoms with van der Waals surface area (Å²) >= 11 is 0. The van der Waals surface area contributed by atoms with Gasteiger partial charge < -0.3 is 15.0 Å². The van der Waals surface area contributed by atoms with Crippen molar-refractivity contribution in [1.29, 1.82) is 0 Å². The molecule has 0 saturated carbocycles. The standard InChI is InChI=1S/C14H20N2O2.ClH/c1-15-10-12-4-3-9-16(12)14(17)11-5-7-13(18-2)8-6-11;/h5-8,12,15H,3-4,9-10H2,1-2H3;1H. The van der Waals surface area contributed by atoms with Crippen LogP contribution in [0.4, 0.5) is 0 Å². The smallest absolute Gasteiger partial charge is 0.254 e. The van der Waals surface area contributed by atoms with E-state index in [9.17, 15) is 4.79 Å². The number of halogens is 1. The number of hydrogen-bond donors (Lipinski definition) is 1. The zero-order valence-corrected chi connectivity index (χ0v) is 12.2. The summed E-state index contributed by atoms with van der Waals surface area (Å²) in [5, 5.41) is 3.15. The predicted octanol–water partition coefficient (Wildman–Crippen LogP) is 1.94. The topological polar surface area (TPSA) is 41.6 Å². The third-order valence-electron chi connectivity index (χ3n) is 3.41. The molecule has 1 unspecified atom stereocenters. The van der Waals surface area contributed by atoms with Crippen molar-refractivity contribution < 1.29 is 9.53 Å². The van der Waals surface area contributed by atoms with E-state index in [2.05, 4.69) is 5.32 Å². The SMILES string of the molecule is CNCC1CCCN1C(=O)c1ccc(OC)cc1.Cl. The van der Waals surface area contributed by atoms with E-state index in [1.165, 1.54) is 0 Å². The second-order valence-electron chi connectivity index (χ2n) is 4.58. The van der Waals surface area contributed by atoms with Crippen molar-refractivity contribution >= 4 is 18.3 Å². The third-order valence-corrected chi connectivity index (χ3v) is 3.41. The van der Waals surface area contributed by atoms with E-state index in [1.54, 1.807) is 7.11 Å². The van der Waals surface area contributed by atoms with Gasteiger partial charge in [-0.2, -0.15) is 0 Å². The van der Waals surface area contributed by atoms with Crippen LogP contribution >= 0.6 is 12.4 Å². The fraction of sp³-hybridized carbons (Fsp3) is 0.500. The van der Waals surface area contributed by atoms with E-state index in [-0.39, 0.29) is 18.3 Å². The molecule has 1 aromatic rings. The second kappa shape index (κ2) is 7.36. The van der Waals surface area contributed by atoms with Crippen molar-refractivity contribution in [2.75, 3.05) is 27.2 Å². The van der Waals surface area contributed by atoms with Gasteiger partial charge in [0.25, 0.3) is 5.91 Å². The lowest BCUT2D eigenvalue weighted by Gasteiger charge is -2.24. The lowest BCUT2D eigenvalue weighted by atomic mass is 10.1. The Kier molecular flexibility index (Phi) is 6.12. The molecule has 19 heavy (non-hydrogen) atoms. The highest BCUT2D eigenvalue weighted by molar-refractivity contribution is 5.94. The Balaban J connectivity index is 0.00000180. The van der Waals surface area contributed by atoms with Gasteiger partial charge in [-0.1, -0.05) is 0 Å². The first kappa shape index (κ1) is 15.8. The molecule has 4 nitrogen and oxygen atoms in total. The molecule has 0 aromatic heterocycles. The minimum atomic E-state index is 0. The van der Waals surface area contributed by atoms with Crippen LogP contribution in [0.15, 0.2) is 24.3 Å². The predicted molar refractivity (Wildman–Crippen MR) is 78.2 cm³/mol. The van der Waals surface area contributed by atoms with Gasteiger partial charge in [-0.25, -0.2) is 0 Å². The molecule has 0 radical (unpaired) electrons. The van der Waals surface area contributed by atoms with Crippen LogP contribution < -0.4 is 10.1 Å². The molecule has 1 aliphatic rings. The summed E-state index contributed by atoms with van der Waals surface area (Å²) in [7, 11) is 3.55. The molecule has 1 fully saturated rings. The molecule has 1 saturated heterocycles. The van der Waals surface area contributed by atoms with Crippen LogP contribution in [-0.4, -0.2) is 44.1 Å². The third kappa shape index (κ3) is 3.61. The lowest BCUT2D eigenvalue weighted by molar-refractivity contribution is 0.0737. The molecule has 1 aromatic carbocycles. The van der Waals surface area contributed by atoms with Crippen LogP contribution in [0.1, 0.15) is 23.2 Å². The fourth-order valence-electron chi connectivity index (χ4n) is 2.45. The van der Waals surface area contributed by atoms with Crippen molar-refractivity contribution in [2.45, 2.75) is 18.9 Å². The number of rotatable bonds is 4. The van der Waals surface area contributed by atoms with Gasteiger partial charge in [0, 0.05) is 24.7 Å². The maximum Gasteiger partial charge on any atom is 0.254 e. The van der Waals surface area contributed by atoms with Crippen LogP contribution in [0.3, 0.4) is 0 Å². The first-order valence-electron chi connectivity index (χ1n) is 6.36. The molecule has 106 valence electrons. The summed E-state index contributed by atoms with van der Waals surface area (Å²) in [6.07, 6.45) is 2.18. The summed E-state index contributed by atoms with van der Waals surface area (Å²) in [5.41, 5.74) is 0.735. The zero-order chi connectivity index (χ0) is 13.0. The number of likely N-dealkylation sites (N-methyl/N-ethyl adjacent to an activating group) is 1. The molecular formula is C14H21ClN2O2. The van der Waals surface area contributed by atoms with E-state index in [0.717, 1.165) is 37.2 Å². The van der Waals surface area contributed by atoms with E-state index in [0.29, 0.717) is 6.04 Å². The van der Waals surface area contributed by atoms with Gasteiger partial charge >= 0.3 is 0 Å². The van der Waals surface area contributed by atoms with Gasteiger partial charge in [0.05, 0.1) is 7.11 Å². The van der Waals surface area contributed by atoms with Crippen LogP contribution in [-0.2, 0) is 0 Å². The number of methoxy groups -OCH3 is 1. The number of benzene rings is 1. The first-order valence-corrected chi connectivity index (χ1v) is 6.36. The number of likely N-dealkylation sites (tertiary alicyclic amines) is 1. The number of hydrogen-bond acceptors (Lipinski definition) is 3. The normalized spacial score (nSPS) is 18.0. The van der Waals surface area contributed by atoms with Gasteiger partial charge in [-0.3, -0.25) is 4.79 Å². The summed E-state index contributed by atoms with van der Waals surface area (Å²) in [5.74, 6) is 0.898. The maximum absolute atomic E-state index is 12.4. The number of nitrogens with one attached hydrogen (secondary N) is 1. The Morgan fingerprint density at radius 3 is 2.68 bits per heavy atom. The molecular weight excluding hydrogens is 264 g/mol. The Bertz CT molecular complexity index is 408. The quantitative estimate of drug-likeness (QED) is 0.919. The van der Waals surface area contributed by atoms with Crippen LogP contribution in [0.25, 0.3) is 0 Å². The van der Waals surface area contributed by atoms with Crippen molar-refractivity contribution in [3.8, 4) is 5.75 Å². The van der Waals surface area contributed by atoms with Crippen molar-refractivity contribution in [2.24, 2.45) is 0 Å². The molecule has 0 spiro atoms. The molecule has 1 aliphatic heterocycles. The van der Waals surface area contributed by atoms with E-state index >= 15 is 0 Å². The molecule has 0 aliphatic carbocycles. The van der Waals surface area contributed by atoms with Crippen molar-refractivity contribution in [3.05, 3.63) is 29.8 Å². The molecule has 1 heterocycles. The average molecular weight is 285 g/mol. The number of nitrogens with zero attached hydrogens (tertiary/aromatic N) is 1. The van der Waals surface area contributed by atoms with Gasteiger partial charge in [-0.05, 0) is 44.2 Å². The van der Waals surface area contributed by atoms with Crippen molar-refractivity contribution in [1.82, 2.24) is 10.2 Å². The summed E-state index contributed by atoms with van der Waals surface area (Å²) in [4.78, 5) is 14.4. The van der Waals surface area contributed by atoms with E-state index in [1.807, 2.05) is 36.2 Å². The molecule has 1 atom stereocenters.